The van der Waals surface area contributed by atoms with Crippen LogP contribution in [0.3, 0.4) is 0 Å². The minimum absolute atomic E-state index is 0.103. The lowest BCUT2D eigenvalue weighted by Gasteiger charge is -2.18. The summed E-state index contributed by atoms with van der Waals surface area (Å²) in [5.41, 5.74) is 0. The molecule has 0 aromatic rings. The van der Waals surface area contributed by atoms with Gasteiger partial charge in [-0.15, -0.1) is 0 Å². The zero-order chi connectivity index (χ0) is 50.0. The second-order valence-corrected chi connectivity index (χ2v) is 18.9. The number of hydrogen-bond donors (Lipinski definition) is 0. The van der Waals surface area contributed by atoms with Crippen LogP contribution in [0.2, 0.25) is 0 Å². The second-order valence-electron chi connectivity index (χ2n) is 18.9. The van der Waals surface area contributed by atoms with Gasteiger partial charge in [0.25, 0.3) is 0 Å². The molecule has 0 aromatic heterocycles. The molecule has 6 nitrogen and oxygen atoms in total. The Balaban J connectivity index is 4.45. The van der Waals surface area contributed by atoms with E-state index in [0.717, 1.165) is 89.9 Å². The van der Waals surface area contributed by atoms with Crippen LogP contribution in [0.5, 0.6) is 0 Å². The zero-order valence-electron chi connectivity index (χ0n) is 45.0. The molecular weight excluding hydrogens is 853 g/mol. The van der Waals surface area contributed by atoms with Crippen molar-refractivity contribution in [1.82, 2.24) is 0 Å². The van der Waals surface area contributed by atoms with E-state index in [0.29, 0.717) is 19.3 Å². The van der Waals surface area contributed by atoms with Gasteiger partial charge < -0.3 is 14.2 Å². The Morgan fingerprint density at radius 1 is 0.319 bits per heavy atom. The van der Waals surface area contributed by atoms with E-state index >= 15 is 0 Å². The van der Waals surface area contributed by atoms with Crippen LogP contribution in [0.1, 0.15) is 265 Å². The van der Waals surface area contributed by atoms with Crippen molar-refractivity contribution in [3.05, 3.63) is 97.2 Å². The van der Waals surface area contributed by atoms with Gasteiger partial charge in [-0.05, 0) is 77.0 Å². The number of carbonyl (C=O) groups excluding carboxylic acids is 3. The fraction of sp³-hybridized carbons (Fsp3) is 0.698. The van der Waals surface area contributed by atoms with Crippen molar-refractivity contribution in [3.63, 3.8) is 0 Å². The maximum Gasteiger partial charge on any atom is 0.306 e. The highest BCUT2D eigenvalue weighted by Gasteiger charge is 2.19. The highest BCUT2D eigenvalue weighted by atomic mass is 16.6. The normalized spacial score (nSPS) is 12.8. The smallest absolute Gasteiger partial charge is 0.306 e. The minimum Gasteiger partial charge on any atom is -0.462 e. The summed E-state index contributed by atoms with van der Waals surface area (Å²) in [6.07, 6.45) is 75.5. The van der Waals surface area contributed by atoms with E-state index < -0.39 is 6.10 Å². The van der Waals surface area contributed by atoms with Crippen LogP contribution in [-0.4, -0.2) is 37.2 Å². The number of carbonyl (C=O) groups is 3. The maximum absolute atomic E-state index is 12.8. The Bertz CT molecular complexity index is 1380. The summed E-state index contributed by atoms with van der Waals surface area (Å²) in [6, 6.07) is 0. The molecule has 0 amide bonds. The van der Waals surface area contributed by atoms with Gasteiger partial charge in [0.05, 0.1) is 0 Å². The van der Waals surface area contributed by atoms with Crippen LogP contribution < -0.4 is 0 Å². The predicted molar refractivity (Wildman–Crippen MR) is 297 cm³/mol. The molecule has 0 aliphatic carbocycles. The molecule has 0 rings (SSSR count). The van der Waals surface area contributed by atoms with Crippen molar-refractivity contribution >= 4 is 17.9 Å². The van der Waals surface area contributed by atoms with Crippen LogP contribution in [0.25, 0.3) is 0 Å². The fourth-order valence-corrected chi connectivity index (χ4v) is 7.89. The first-order chi connectivity index (χ1) is 34.0. The molecule has 0 saturated carbocycles. The molecule has 69 heavy (non-hydrogen) atoms. The van der Waals surface area contributed by atoms with E-state index in [2.05, 4.69) is 118 Å². The van der Waals surface area contributed by atoms with Crippen molar-refractivity contribution < 1.29 is 28.6 Å². The van der Waals surface area contributed by atoms with Gasteiger partial charge in [-0.2, -0.15) is 0 Å². The summed E-state index contributed by atoms with van der Waals surface area (Å²) >= 11 is 0. The van der Waals surface area contributed by atoms with E-state index in [4.69, 9.17) is 14.2 Å². The van der Waals surface area contributed by atoms with E-state index in [9.17, 15) is 14.4 Å². The average Bonchev–Trinajstić information content (AvgIpc) is 3.35. The van der Waals surface area contributed by atoms with E-state index in [-0.39, 0.29) is 37.5 Å². The third kappa shape index (κ3) is 55.1. The summed E-state index contributed by atoms with van der Waals surface area (Å²) in [4.78, 5) is 38.1. The van der Waals surface area contributed by atoms with Gasteiger partial charge in [0.2, 0.25) is 0 Å². The number of esters is 3. The summed E-state index contributed by atoms with van der Waals surface area (Å²) in [7, 11) is 0. The van der Waals surface area contributed by atoms with Crippen LogP contribution in [0, 0.1) is 0 Å². The van der Waals surface area contributed by atoms with Crippen molar-refractivity contribution in [2.75, 3.05) is 13.2 Å². The molecule has 0 aliphatic rings. The van der Waals surface area contributed by atoms with E-state index in [1.165, 1.54) is 128 Å². The first-order valence-corrected chi connectivity index (χ1v) is 28.8. The van der Waals surface area contributed by atoms with E-state index in [1.54, 1.807) is 0 Å². The quantitative estimate of drug-likeness (QED) is 0.0199. The first kappa shape index (κ1) is 65.3. The number of ether oxygens (including phenoxy) is 3. The molecule has 6 heteroatoms. The molecule has 0 fully saturated rings. The van der Waals surface area contributed by atoms with Gasteiger partial charge >= 0.3 is 17.9 Å². The molecule has 0 aromatic carbocycles. The third-order valence-corrected chi connectivity index (χ3v) is 12.1. The lowest BCUT2D eigenvalue weighted by Crippen LogP contribution is -2.30. The Morgan fingerprint density at radius 3 is 1.07 bits per heavy atom. The van der Waals surface area contributed by atoms with Crippen molar-refractivity contribution in [2.45, 2.75) is 271 Å². The van der Waals surface area contributed by atoms with Crippen LogP contribution in [-0.2, 0) is 28.6 Å². The van der Waals surface area contributed by atoms with Crippen molar-refractivity contribution in [1.29, 1.82) is 0 Å². The maximum atomic E-state index is 12.8. The molecule has 0 heterocycles. The summed E-state index contributed by atoms with van der Waals surface area (Å²) in [5.74, 6) is -0.969. The van der Waals surface area contributed by atoms with Gasteiger partial charge in [0.15, 0.2) is 6.10 Å². The Hall–Kier alpha value is -3.67. The van der Waals surface area contributed by atoms with Gasteiger partial charge in [-0.1, -0.05) is 266 Å². The lowest BCUT2D eigenvalue weighted by atomic mass is 10.0. The standard InChI is InChI=1S/C63H106O6/c1-4-7-10-13-16-19-22-25-28-30-31-33-35-38-41-44-47-50-53-56-62(65)68-59-60(58-67-61(64)55-52-49-46-43-40-37-34-27-24-21-18-15-12-9-6-3)69-63(66)57-54-51-48-45-42-39-36-32-29-26-23-20-17-14-11-8-5-2/h8-9,11-12,15,17-18,20-21,24,26,29,36,39,45,48,60H,4-7,10,13-14,16,19,22-23,25,27-28,30-35,37-38,40-44,46-47,49-59H2,1-3H3/b11-8-,12-9-,18-15-,20-17-,24-21-,29-26-,39-36-,48-45-. The molecular formula is C63H106O6. The fourth-order valence-electron chi connectivity index (χ4n) is 7.89. The van der Waals surface area contributed by atoms with Crippen molar-refractivity contribution in [2.24, 2.45) is 0 Å². The van der Waals surface area contributed by atoms with Crippen molar-refractivity contribution in [3.8, 4) is 0 Å². The Morgan fingerprint density at radius 2 is 0.652 bits per heavy atom. The summed E-state index contributed by atoms with van der Waals surface area (Å²) < 4.78 is 16.8. The van der Waals surface area contributed by atoms with Gasteiger partial charge in [-0.25, -0.2) is 0 Å². The molecule has 0 radical (unpaired) electrons. The Labute approximate surface area is 426 Å². The second kappa shape index (κ2) is 56.9. The van der Waals surface area contributed by atoms with Gasteiger partial charge in [0, 0.05) is 19.3 Å². The number of unbranched alkanes of at least 4 members (excludes halogenated alkanes) is 26. The molecule has 0 spiro atoms. The average molecular weight is 960 g/mol. The minimum atomic E-state index is -0.812. The lowest BCUT2D eigenvalue weighted by molar-refractivity contribution is -0.167. The molecule has 1 unspecified atom stereocenters. The monoisotopic (exact) mass is 959 g/mol. The molecule has 0 aliphatic heterocycles. The Kier molecular flexibility index (Phi) is 53.9. The summed E-state index contributed by atoms with van der Waals surface area (Å²) in [5, 5.41) is 0. The first-order valence-electron chi connectivity index (χ1n) is 28.8. The van der Waals surface area contributed by atoms with Crippen LogP contribution in [0.4, 0.5) is 0 Å². The predicted octanol–water partition coefficient (Wildman–Crippen LogP) is 19.3. The topological polar surface area (TPSA) is 78.9 Å². The third-order valence-electron chi connectivity index (χ3n) is 12.1. The number of allylic oxidation sites excluding steroid dienone is 16. The van der Waals surface area contributed by atoms with Crippen LogP contribution >= 0.6 is 0 Å². The molecule has 394 valence electrons. The van der Waals surface area contributed by atoms with Gasteiger partial charge in [0.1, 0.15) is 13.2 Å². The largest absolute Gasteiger partial charge is 0.462 e. The zero-order valence-corrected chi connectivity index (χ0v) is 45.0. The number of hydrogen-bond acceptors (Lipinski definition) is 6. The molecule has 0 saturated heterocycles. The molecule has 0 N–H and O–H groups in total. The molecule has 0 bridgehead atoms. The van der Waals surface area contributed by atoms with Crippen LogP contribution in [0.15, 0.2) is 97.2 Å². The highest BCUT2D eigenvalue weighted by molar-refractivity contribution is 5.71. The SMILES string of the molecule is CC\C=C/C=C\C=C/CCCCCCCCCC(=O)OCC(COC(=O)CCCCCCCCCCCCCCCCCCCCC)OC(=O)CCC/C=C\C/C=C\C/C=C\C/C=C\C/C=C\CC. The highest BCUT2D eigenvalue weighted by Crippen LogP contribution is 2.16. The van der Waals surface area contributed by atoms with E-state index in [1.807, 2.05) is 0 Å². The molecule has 1 atom stereocenters. The number of rotatable bonds is 51. The van der Waals surface area contributed by atoms with Gasteiger partial charge in [-0.3, -0.25) is 14.4 Å². The summed E-state index contributed by atoms with van der Waals surface area (Å²) in [6.45, 7) is 6.36.